The topological polar surface area (TPSA) is 17.1 Å². The minimum atomic E-state index is -0.282. The van der Waals surface area contributed by atoms with Crippen molar-refractivity contribution in [3.63, 3.8) is 0 Å². The number of halogens is 2. The van der Waals surface area contributed by atoms with Crippen LogP contribution < -0.4 is 0 Å². The van der Waals surface area contributed by atoms with E-state index in [1.807, 2.05) is 26.8 Å². The number of rotatable bonds is 3. The van der Waals surface area contributed by atoms with Crippen molar-refractivity contribution in [2.45, 2.75) is 32.0 Å². The molecule has 1 aromatic carbocycles. The Balaban J connectivity index is 2.72. The summed E-state index contributed by atoms with van der Waals surface area (Å²) in [6.07, 6.45) is 0.757. The van der Waals surface area contributed by atoms with Gasteiger partial charge < -0.3 is 0 Å². The molecule has 0 fully saturated rings. The molecule has 0 spiro atoms. The van der Waals surface area contributed by atoms with Gasteiger partial charge in [0.15, 0.2) is 5.78 Å². The minimum absolute atomic E-state index is 0.0919. The second kappa shape index (κ2) is 5.63. The SMILES string of the molecule is CC(C)(C)C(=O)C(Br)Cc1cccc(I)c1. The molecule has 0 heterocycles. The summed E-state index contributed by atoms with van der Waals surface area (Å²) in [5.74, 6) is 0.256. The first-order valence-electron chi connectivity index (χ1n) is 5.23. The lowest BCUT2D eigenvalue weighted by atomic mass is 9.87. The highest BCUT2D eigenvalue weighted by Gasteiger charge is 2.27. The van der Waals surface area contributed by atoms with Gasteiger partial charge in [0.1, 0.15) is 0 Å². The van der Waals surface area contributed by atoms with E-state index in [4.69, 9.17) is 0 Å². The molecule has 1 aromatic rings. The number of hydrogen-bond acceptors (Lipinski definition) is 1. The number of benzene rings is 1. The van der Waals surface area contributed by atoms with Crippen molar-refractivity contribution in [1.29, 1.82) is 0 Å². The molecule has 0 aromatic heterocycles. The molecule has 0 bridgehead atoms. The maximum atomic E-state index is 12.0. The fourth-order valence-electron chi connectivity index (χ4n) is 1.43. The average Bonchev–Trinajstić information content (AvgIpc) is 2.15. The summed E-state index contributed by atoms with van der Waals surface area (Å²) in [6, 6.07) is 8.26. The maximum Gasteiger partial charge on any atom is 0.152 e. The monoisotopic (exact) mass is 394 g/mol. The van der Waals surface area contributed by atoms with Crippen LogP contribution in [0.1, 0.15) is 26.3 Å². The minimum Gasteiger partial charge on any atom is -0.298 e. The molecule has 16 heavy (non-hydrogen) atoms. The molecule has 0 saturated carbocycles. The smallest absolute Gasteiger partial charge is 0.152 e. The lowest BCUT2D eigenvalue weighted by molar-refractivity contribution is -0.125. The highest BCUT2D eigenvalue weighted by molar-refractivity contribution is 14.1. The van der Waals surface area contributed by atoms with E-state index in [1.165, 1.54) is 9.13 Å². The molecule has 1 unspecified atom stereocenters. The van der Waals surface area contributed by atoms with Crippen molar-refractivity contribution in [2.24, 2.45) is 5.41 Å². The van der Waals surface area contributed by atoms with E-state index in [0.717, 1.165) is 6.42 Å². The lowest BCUT2D eigenvalue weighted by Gasteiger charge is -2.20. The fraction of sp³-hybridized carbons (Fsp3) is 0.462. The Labute approximate surface area is 119 Å². The van der Waals surface area contributed by atoms with Gasteiger partial charge in [0, 0.05) is 8.99 Å². The summed E-state index contributed by atoms with van der Waals surface area (Å²) in [7, 11) is 0. The van der Waals surface area contributed by atoms with E-state index < -0.39 is 0 Å². The van der Waals surface area contributed by atoms with E-state index in [2.05, 4.69) is 56.7 Å². The number of Topliss-reactive ketones (excluding diaryl/α,β-unsaturated/α-hetero) is 1. The molecule has 0 N–H and O–H groups in total. The molecule has 0 saturated heterocycles. The van der Waals surface area contributed by atoms with Gasteiger partial charge in [-0.25, -0.2) is 0 Å². The van der Waals surface area contributed by atoms with Crippen LogP contribution in [0.25, 0.3) is 0 Å². The molecular formula is C13H16BrIO. The fourth-order valence-corrected chi connectivity index (χ4v) is 3.10. The molecule has 1 atom stereocenters. The summed E-state index contributed by atoms with van der Waals surface area (Å²) in [5.41, 5.74) is 0.919. The van der Waals surface area contributed by atoms with Crippen molar-refractivity contribution < 1.29 is 4.79 Å². The predicted molar refractivity (Wildman–Crippen MR) is 80.0 cm³/mol. The van der Waals surface area contributed by atoms with E-state index in [9.17, 15) is 4.79 Å². The molecule has 0 aliphatic heterocycles. The third-order valence-corrected chi connectivity index (χ3v) is 3.74. The second-order valence-electron chi connectivity index (χ2n) is 4.92. The molecule has 0 amide bonds. The highest BCUT2D eigenvalue weighted by atomic mass is 127. The summed E-state index contributed by atoms with van der Waals surface area (Å²) in [5, 5.41) is 0. The molecule has 0 radical (unpaired) electrons. The third kappa shape index (κ3) is 4.17. The quantitative estimate of drug-likeness (QED) is 0.554. The number of hydrogen-bond donors (Lipinski definition) is 0. The zero-order valence-corrected chi connectivity index (χ0v) is 13.5. The summed E-state index contributed by atoms with van der Waals surface area (Å²) in [4.78, 5) is 11.9. The normalized spacial score (nSPS) is 13.6. The Morgan fingerprint density at radius 3 is 2.56 bits per heavy atom. The van der Waals surface area contributed by atoms with Gasteiger partial charge in [-0.1, -0.05) is 48.8 Å². The molecule has 0 aliphatic rings. The van der Waals surface area contributed by atoms with Gasteiger partial charge in [0.2, 0.25) is 0 Å². The van der Waals surface area contributed by atoms with Crippen LogP contribution in [0.3, 0.4) is 0 Å². The Kier molecular flexibility index (Phi) is 4.98. The van der Waals surface area contributed by atoms with Crippen molar-refractivity contribution in [3.8, 4) is 0 Å². The Morgan fingerprint density at radius 1 is 1.44 bits per heavy atom. The Hall–Kier alpha value is 0.100. The highest BCUT2D eigenvalue weighted by Crippen LogP contribution is 2.23. The van der Waals surface area contributed by atoms with E-state index in [1.54, 1.807) is 0 Å². The third-order valence-electron chi connectivity index (χ3n) is 2.33. The van der Waals surface area contributed by atoms with Crippen molar-refractivity contribution >= 4 is 44.3 Å². The molecule has 1 rings (SSSR count). The molecule has 88 valence electrons. The number of ketones is 1. The number of carbonyl (C=O) groups is 1. The summed E-state index contributed by atoms with van der Waals surface area (Å²) < 4.78 is 1.21. The van der Waals surface area contributed by atoms with Crippen LogP contribution in [0.5, 0.6) is 0 Å². The van der Waals surface area contributed by atoms with Gasteiger partial charge >= 0.3 is 0 Å². The van der Waals surface area contributed by atoms with Gasteiger partial charge in [0.05, 0.1) is 4.83 Å². The zero-order chi connectivity index (χ0) is 12.3. The molecule has 3 heteroatoms. The molecule has 1 nitrogen and oxygen atoms in total. The number of alkyl halides is 1. The predicted octanol–water partition coefficient (Wildman–Crippen LogP) is 4.21. The van der Waals surface area contributed by atoms with Crippen LogP contribution in [-0.4, -0.2) is 10.6 Å². The first-order valence-corrected chi connectivity index (χ1v) is 7.23. The lowest BCUT2D eigenvalue weighted by Crippen LogP contribution is -2.30. The van der Waals surface area contributed by atoms with Crippen molar-refractivity contribution in [3.05, 3.63) is 33.4 Å². The second-order valence-corrected chi connectivity index (χ2v) is 7.27. The van der Waals surface area contributed by atoms with E-state index >= 15 is 0 Å². The Morgan fingerprint density at radius 2 is 2.06 bits per heavy atom. The first kappa shape index (κ1) is 14.2. The maximum absolute atomic E-state index is 12.0. The largest absolute Gasteiger partial charge is 0.298 e. The van der Waals surface area contributed by atoms with Gasteiger partial charge in [-0.3, -0.25) is 4.79 Å². The van der Waals surface area contributed by atoms with Crippen LogP contribution in [0.2, 0.25) is 0 Å². The van der Waals surface area contributed by atoms with Crippen LogP contribution in [-0.2, 0) is 11.2 Å². The molecular weight excluding hydrogens is 379 g/mol. The van der Waals surface area contributed by atoms with Crippen LogP contribution >= 0.6 is 38.5 Å². The van der Waals surface area contributed by atoms with Crippen molar-refractivity contribution in [1.82, 2.24) is 0 Å². The van der Waals surface area contributed by atoms with Crippen LogP contribution in [0, 0.1) is 8.99 Å². The summed E-state index contributed by atoms with van der Waals surface area (Å²) in [6.45, 7) is 5.87. The van der Waals surface area contributed by atoms with Crippen LogP contribution in [0.15, 0.2) is 24.3 Å². The summed E-state index contributed by atoms with van der Waals surface area (Å²) >= 11 is 5.77. The van der Waals surface area contributed by atoms with Gasteiger partial charge in [0.25, 0.3) is 0 Å². The first-order chi connectivity index (χ1) is 7.30. The van der Waals surface area contributed by atoms with Gasteiger partial charge in [-0.2, -0.15) is 0 Å². The van der Waals surface area contributed by atoms with Gasteiger partial charge in [-0.15, -0.1) is 0 Å². The van der Waals surface area contributed by atoms with Gasteiger partial charge in [-0.05, 0) is 46.7 Å². The van der Waals surface area contributed by atoms with E-state index in [-0.39, 0.29) is 16.0 Å². The van der Waals surface area contributed by atoms with Crippen LogP contribution in [0.4, 0.5) is 0 Å². The standard InChI is InChI=1S/C13H16BrIO/c1-13(2,3)12(16)11(14)8-9-5-4-6-10(15)7-9/h4-7,11H,8H2,1-3H3. The zero-order valence-electron chi connectivity index (χ0n) is 9.76. The Bertz CT molecular complexity index is 382. The van der Waals surface area contributed by atoms with E-state index in [0.29, 0.717) is 0 Å². The number of carbonyl (C=O) groups excluding carboxylic acids is 1. The van der Waals surface area contributed by atoms with Crippen molar-refractivity contribution in [2.75, 3.05) is 0 Å². The molecule has 0 aliphatic carbocycles. The average molecular weight is 395 g/mol.